The third kappa shape index (κ3) is 3.32. The van der Waals surface area contributed by atoms with Gasteiger partial charge in [-0.05, 0) is 32.1 Å². The minimum atomic E-state index is -0.850. The molecule has 0 heterocycles. The first-order chi connectivity index (χ1) is 6.59. The van der Waals surface area contributed by atoms with Crippen molar-refractivity contribution in [2.75, 3.05) is 0 Å². The number of carbonyl (C=O) groups is 2. The Balaban J connectivity index is 2.35. The molecule has 0 aromatic rings. The number of rotatable bonds is 3. The number of aliphatic carboxylic acids is 1. The zero-order valence-corrected chi connectivity index (χ0v) is 8.45. The molecule has 0 spiro atoms. The van der Waals surface area contributed by atoms with Gasteiger partial charge in [-0.3, -0.25) is 4.79 Å². The molecule has 14 heavy (non-hydrogen) atoms. The van der Waals surface area contributed by atoms with Crippen LogP contribution in [0.4, 0.5) is 0 Å². The van der Waals surface area contributed by atoms with Crippen LogP contribution in [0.5, 0.6) is 0 Å². The average molecular weight is 196 g/mol. The van der Waals surface area contributed by atoms with E-state index in [1.165, 1.54) is 0 Å². The molecule has 0 saturated heterocycles. The van der Waals surface area contributed by atoms with Crippen LogP contribution in [0.2, 0.25) is 0 Å². The zero-order chi connectivity index (χ0) is 10.6. The summed E-state index contributed by atoms with van der Waals surface area (Å²) in [6.45, 7) is 1.61. The summed E-state index contributed by atoms with van der Waals surface area (Å²) in [6.07, 6.45) is 5.74. The van der Waals surface area contributed by atoms with E-state index in [1.54, 1.807) is 13.0 Å². The smallest absolute Gasteiger partial charge is 0.330 e. The van der Waals surface area contributed by atoms with Gasteiger partial charge in [-0.15, -0.1) is 0 Å². The molecule has 0 atom stereocenters. The summed E-state index contributed by atoms with van der Waals surface area (Å²) in [7, 11) is 0. The third-order valence-corrected chi connectivity index (χ3v) is 2.76. The van der Waals surface area contributed by atoms with E-state index in [1.807, 2.05) is 0 Å². The SMILES string of the molecule is CC(=CCC1CCC(=O)CC1)C(=O)O. The average Bonchev–Trinajstić information content (AvgIpc) is 2.16. The second-order valence-corrected chi connectivity index (χ2v) is 3.91. The van der Waals surface area contributed by atoms with Crippen molar-refractivity contribution in [1.29, 1.82) is 0 Å². The normalized spacial score (nSPS) is 19.8. The zero-order valence-electron chi connectivity index (χ0n) is 8.45. The molecule has 0 amide bonds. The third-order valence-electron chi connectivity index (χ3n) is 2.76. The number of allylic oxidation sites excluding steroid dienone is 1. The molecule has 1 rings (SSSR count). The number of carboxylic acid groups (broad SMARTS) is 1. The van der Waals surface area contributed by atoms with Gasteiger partial charge >= 0.3 is 5.97 Å². The molecule has 3 nitrogen and oxygen atoms in total. The van der Waals surface area contributed by atoms with Crippen LogP contribution in [0.1, 0.15) is 39.0 Å². The number of Topliss-reactive ketones (excluding diaryl/α,β-unsaturated/α-hetero) is 1. The second-order valence-electron chi connectivity index (χ2n) is 3.91. The molecule has 1 aliphatic rings. The summed E-state index contributed by atoms with van der Waals surface area (Å²) in [5, 5.41) is 8.63. The Morgan fingerprint density at radius 2 is 2.07 bits per heavy atom. The minimum Gasteiger partial charge on any atom is -0.478 e. The molecular formula is C11H16O3. The van der Waals surface area contributed by atoms with Crippen LogP contribution in [-0.4, -0.2) is 16.9 Å². The van der Waals surface area contributed by atoms with Gasteiger partial charge in [0.2, 0.25) is 0 Å². The van der Waals surface area contributed by atoms with Crippen LogP contribution in [0.3, 0.4) is 0 Å². The van der Waals surface area contributed by atoms with Crippen molar-refractivity contribution >= 4 is 11.8 Å². The Hall–Kier alpha value is -1.12. The Labute approximate surface area is 83.8 Å². The van der Waals surface area contributed by atoms with E-state index in [9.17, 15) is 9.59 Å². The maximum atomic E-state index is 10.9. The van der Waals surface area contributed by atoms with E-state index in [0.29, 0.717) is 30.1 Å². The highest BCUT2D eigenvalue weighted by molar-refractivity contribution is 5.85. The van der Waals surface area contributed by atoms with Crippen LogP contribution < -0.4 is 0 Å². The number of carboxylic acids is 1. The van der Waals surface area contributed by atoms with Crippen molar-refractivity contribution in [3.05, 3.63) is 11.6 Å². The van der Waals surface area contributed by atoms with Crippen LogP contribution in [0.25, 0.3) is 0 Å². The van der Waals surface area contributed by atoms with E-state index >= 15 is 0 Å². The molecule has 0 aromatic heterocycles. The number of ketones is 1. The Bertz CT molecular complexity index is 256. The molecule has 0 unspecified atom stereocenters. The molecule has 78 valence electrons. The molecule has 0 bridgehead atoms. The minimum absolute atomic E-state index is 0.347. The summed E-state index contributed by atoms with van der Waals surface area (Å²) < 4.78 is 0. The van der Waals surface area contributed by atoms with Crippen LogP contribution in [0, 0.1) is 5.92 Å². The lowest BCUT2D eigenvalue weighted by Crippen LogP contribution is -2.13. The van der Waals surface area contributed by atoms with Gasteiger partial charge in [0.15, 0.2) is 0 Å². The molecule has 0 radical (unpaired) electrons. The molecule has 1 N–H and O–H groups in total. The van der Waals surface area contributed by atoms with E-state index in [0.717, 1.165) is 19.3 Å². The topological polar surface area (TPSA) is 54.4 Å². The van der Waals surface area contributed by atoms with Crippen LogP contribution >= 0.6 is 0 Å². The lowest BCUT2D eigenvalue weighted by molar-refractivity contribution is -0.132. The standard InChI is InChI=1S/C11H16O3/c1-8(11(13)14)2-3-9-4-6-10(12)7-5-9/h2,9H,3-7H2,1H3,(H,13,14). The Kier molecular flexibility index (Phi) is 3.86. The van der Waals surface area contributed by atoms with Gasteiger partial charge in [0.05, 0.1) is 0 Å². The molecule has 1 aliphatic carbocycles. The van der Waals surface area contributed by atoms with Crippen molar-refractivity contribution in [3.8, 4) is 0 Å². The van der Waals surface area contributed by atoms with Crippen molar-refractivity contribution in [1.82, 2.24) is 0 Å². The maximum Gasteiger partial charge on any atom is 0.330 e. The fraction of sp³-hybridized carbons (Fsp3) is 0.636. The summed E-state index contributed by atoms with van der Waals surface area (Å²) in [5.74, 6) is -0.000859. The summed E-state index contributed by atoms with van der Waals surface area (Å²) in [6, 6.07) is 0. The monoisotopic (exact) mass is 196 g/mol. The van der Waals surface area contributed by atoms with Crippen molar-refractivity contribution < 1.29 is 14.7 Å². The van der Waals surface area contributed by atoms with E-state index in [2.05, 4.69) is 0 Å². The first kappa shape index (κ1) is 11.0. The number of hydrogen-bond donors (Lipinski definition) is 1. The Morgan fingerprint density at radius 1 is 1.50 bits per heavy atom. The lowest BCUT2D eigenvalue weighted by Gasteiger charge is -2.19. The lowest BCUT2D eigenvalue weighted by atomic mass is 9.86. The van der Waals surface area contributed by atoms with Crippen molar-refractivity contribution in [2.45, 2.75) is 39.0 Å². The first-order valence-corrected chi connectivity index (χ1v) is 5.01. The van der Waals surface area contributed by atoms with Crippen LogP contribution in [0.15, 0.2) is 11.6 Å². The largest absolute Gasteiger partial charge is 0.478 e. The highest BCUT2D eigenvalue weighted by atomic mass is 16.4. The molecule has 1 saturated carbocycles. The van der Waals surface area contributed by atoms with Gasteiger partial charge in [-0.2, -0.15) is 0 Å². The number of carbonyl (C=O) groups excluding carboxylic acids is 1. The van der Waals surface area contributed by atoms with E-state index in [-0.39, 0.29) is 0 Å². The fourth-order valence-electron chi connectivity index (χ4n) is 1.67. The molecule has 0 aliphatic heterocycles. The van der Waals surface area contributed by atoms with Gasteiger partial charge in [-0.25, -0.2) is 4.79 Å². The van der Waals surface area contributed by atoms with Gasteiger partial charge in [0, 0.05) is 18.4 Å². The molecule has 3 heteroatoms. The second kappa shape index (κ2) is 4.94. The number of hydrogen-bond acceptors (Lipinski definition) is 2. The summed E-state index contributed by atoms with van der Waals surface area (Å²) in [5.41, 5.74) is 0.405. The predicted molar refractivity (Wildman–Crippen MR) is 53.0 cm³/mol. The van der Waals surface area contributed by atoms with E-state index < -0.39 is 5.97 Å². The maximum absolute atomic E-state index is 10.9. The predicted octanol–water partition coefficient (Wildman–Crippen LogP) is 2.17. The highest BCUT2D eigenvalue weighted by Gasteiger charge is 2.17. The molecular weight excluding hydrogens is 180 g/mol. The van der Waals surface area contributed by atoms with Gasteiger partial charge < -0.3 is 5.11 Å². The molecule has 0 aromatic carbocycles. The van der Waals surface area contributed by atoms with Gasteiger partial charge in [0.1, 0.15) is 5.78 Å². The summed E-state index contributed by atoms with van der Waals surface area (Å²) in [4.78, 5) is 21.4. The van der Waals surface area contributed by atoms with Gasteiger partial charge in [-0.1, -0.05) is 6.08 Å². The van der Waals surface area contributed by atoms with Crippen molar-refractivity contribution in [3.63, 3.8) is 0 Å². The first-order valence-electron chi connectivity index (χ1n) is 5.01. The van der Waals surface area contributed by atoms with Crippen LogP contribution in [-0.2, 0) is 9.59 Å². The Morgan fingerprint density at radius 3 is 2.57 bits per heavy atom. The van der Waals surface area contributed by atoms with Gasteiger partial charge in [0.25, 0.3) is 0 Å². The fourth-order valence-corrected chi connectivity index (χ4v) is 1.67. The van der Waals surface area contributed by atoms with Crippen molar-refractivity contribution in [2.24, 2.45) is 5.92 Å². The highest BCUT2D eigenvalue weighted by Crippen LogP contribution is 2.25. The van der Waals surface area contributed by atoms with E-state index in [4.69, 9.17) is 5.11 Å². The molecule has 1 fully saturated rings. The quantitative estimate of drug-likeness (QED) is 0.704. The summed E-state index contributed by atoms with van der Waals surface area (Å²) >= 11 is 0.